The highest BCUT2D eigenvalue weighted by atomic mass is 79.9. The summed E-state index contributed by atoms with van der Waals surface area (Å²) < 4.78 is 3.02. The summed E-state index contributed by atoms with van der Waals surface area (Å²) >= 11 is 9.45. The van der Waals surface area contributed by atoms with Crippen LogP contribution < -0.4 is 11.0 Å². The van der Waals surface area contributed by atoms with Gasteiger partial charge < -0.3 is 5.32 Å². The lowest BCUT2D eigenvalue weighted by Crippen LogP contribution is -2.34. The van der Waals surface area contributed by atoms with Gasteiger partial charge in [0.25, 0.3) is 0 Å². The zero-order chi connectivity index (χ0) is 18.7. The van der Waals surface area contributed by atoms with E-state index in [0.29, 0.717) is 10.7 Å². The van der Waals surface area contributed by atoms with Gasteiger partial charge in [-0.25, -0.2) is 4.79 Å². The molecule has 0 unspecified atom stereocenters. The predicted molar refractivity (Wildman–Crippen MR) is 101 cm³/mol. The molecule has 3 aromatic rings. The topological polar surface area (TPSA) is 81.8 Å². The number of halogens is 2. The van der Waals surface area contributed by atoms with Crippen molar-refractivity contribution in [3.05, 3.63) is 74.1 Å². The van der Waals surface area contributed by atoms with Crippen LogP contribution in [-0.2, 0) is 11.3 Å². The quantitative estimate of drug-likeness (QED) is 0.667. The molecule has 0 saturated heterocycles. The number of para-hydroxylation sites is 1. The van der Waals surface area contributed by atoms with E-state index in [1.807, 2.05) is 31.2 Å². The van der Waals surface area contributed by atoms with Gasteiger partial charge in [-0.2, -0.15) is 9.36 Å². The molecular weight excluding hydrogens is 422 g/mol. The lowest BCUT2D eigenvalue weighted by Gasteiger charge is -2.14. The van der Waals surface area contributed by atoms with E-state index in [0.717, 1.165) is 19.4 Å². The Morgan fingerprint density at radius 3 is 2.58 bits per heavy atom. The molecule has 0 aliphatic carbocycles. The van der Waals surface area contributed by atoms with Gasteiger partial charge in [0.05, 0.1) is 16.8 Å². The molecule has 0 bridgehead atoms. The molecule has 1 amide bonds. The second-order valence-electron chi connectivity index (χ2n) is 5.62. The van der Waals surface area contributed by atoms with Crippen LogP contribution >= 0.6 is 27.5 Å². The Morgan fingerprint density at radius 2 is 1.88 bits per heavy atom. The van der Waals surface area contributed by atoms with E-state index in [2.05, 4.69) is 31.7 Å². The highest BCUT2D eigenvalue weighted by molar-refractivity contribution is 9.10. The van der Waals surface area contributed by atoms with Crippen LogP contribution in [-0.4, -0.2) is 25.7 Å². The first-order valence-corrected chi connectivity index (χ1v) is 8.95. The molecule has 3 rings (SSSR count). The maximum atomic E-state index is 12.4. The fourth-order valence-electron chi connectivity index (χ4n) is 2.41. The number of hydrogen-bond acceptors (Lipinski definition) is 4. The first kappa shape index (κ1) is 18.3. The van der Waals surface area contributed by atoms with E-state index >= 15 is 0 Å². The maximum absolute atomic E-state index is 12.4. The van der Waals surface area contributed by atoms with Crippen molar-refractivity contribution in [2.75, 3.05) is 0 Å². The highest BCUT2D eigenvalue weighted by Gasteiger charge is 2.15. The number of carbonyl (C=O) groups is 1. The summed E-state index contributed by atoms with van der Waals surface area (Å²) in [6, 6.07) is 14.2. The maximum Gasteiger partial charge on any atom is 0.369 e. The third-order valence-corrected chi connectivity index (χ3v) is 4.61. The fourth-order valence-corrected chi connectivity index (χ4v) is 2.89. The van der Waals surface area contributed by atoms with Crippen LogP contribution in [0.3, 0.4) is 0 Å². The average molecular weight is 437 g/mol. The molecule has 2 aromatic carbocycles. The van der Waals surface area contributed by atoms with Crippen molar-refractivity contribution in [3.63, 3.8) is 0 Å². The summed E-state index contributed by atoms with van der Waals surface area (Å²) in [4.78, 5) is 24.7. The summed E-state index contributed by atoms with van der Waals surface area (Å²) in [5.74, 6) is -0.339. The molecule has 0 radical (unpaired) electrons. The van der Waals surface area contributed by atoms with E-state index in [-0.39, 0.29) is 18.5 Å². The molecule has 1 heterocycles. The van der Waals surface area contributed by atoms with Crippen molar-refractivity contribution in [3.8, 4) is 5.69 Å². The van der Waals surface area contributed by atoms with Crippen LogP contribution in [0.1, 0.15) is 18.5 Å². The Labute approximate surface area is 162 Å². The Bertz CT molecular complexity index is 983. The van der Waals surface area contributed by atoms with Crippen molar-refractivity contribution in [2.45, 2.75) is 19.5 Å². The monoisotopic (exact) mass is 435 g/mol. The number of nitrogens with one attached hydrogen (secondary N) is 1. The minimum Gasteiger partial charge on any atom is -0.348 e. The number of rotatable bonds is 5. The first-order valence-electron chi connectivity index (χ1n) is 7.78. The van der Waals surface area contributed by atoms with Crippen molar-refractivity contribution in [1.82, 2.24) is 25.1 Å². The van der Waals surface area contributed by atoms with Gasteiger partial charge in [0, 0.05) is 4.47 Å². The molecule has 0 fully saturated rings. The van der Waals surface area contributed by atoms with Crippen molar-refractivity contribution in [2.24, 2.45) is 0 Å². The molecule has 0 saturated carbocycles. The van der Waals surface area contributed by atoms with Gasteiger partial charge in [-0.3, -0.25) is 4.79 Å². The van der Waals surface area contributed by atoms with E-state index in [1.54, 1.807) is 24.3 Å². The molecule has 0 aliphatic heterocycles. The molecule has 1 aromatic heterocycles. The number of tetrazole rings is 1. The molecule has 0 aliphatic rings. The minimum absolute atomic E-state index is 0.204. The summed E-state index contributed by atoms with van der Waals surface area (Å²) in [5.41, 5.74) is 0.826. The van der Waals surface area contributed by atoms with E-state index in [1.165, 1.54) is 0 Å². The minimum atomic E-state index is -0.537. The van der Waals surface area contributed by atoms with Crippen LogP contribution in [0.2, 0.25) is 5.02 Å². The molecule has 26 heavy (non-hydrogen) atoms. The number of benzene rings is 2. The summed E-state index contributed by atoms with van der Waals surface area (Å²) in [6.45, 7) is 1.63. The van der Waals surface area contributed by atoms with Crippen molar-refractivity contribution in [1.29, 1.82) is 0 Å². The molecule has 7 nitrogen and oxygen atoms in total. The summed E-state index contributed by atoms with van der Waals surface area (Å²) in [7, 11) is 0. The highest BCUT2D eigenvalue weighted by Crippen LogP contribution is 2.17. The van der Waals surface area contributed by atoms with Crippen molar-refractivity contribution < 1.29 is 4.79 Å². The normalized spacial score (nSPS) is 12.0. The standard InChI is InChI=1S/C17H15BrClN5O2/c1-11(12-6-8-13(18)9-7-12)20-16(25)10-23-17(26)24(22-21-23)15-5-3-2-4-14(15)19/h2-9,11H,10H2,1H3,(H,20,25)/t11-/m0/s1. The van der Waals surface area contributed by atoms with E-state index < -0.39 is 5.69 Å². The third-order valence-electron chi connectivity index (χ3n) is 3.76. The van der Waals surface area contributed by atoms with Gasteiger partial charge in [-0.1, -0.05) is 51.8 Å². The third kappa shape index (κ3) is 4.03. The second kappa shape index (κ2) is 7.84. The van der Waals surface area contributed by atoms with Crippen molar-refractivity contribution >= 4 is 33.4 Å². The second-order valence-corrected chi connectivity index (χ2v) is 6.95. The zero-order valence-electron chi connectivity index (χ0n) is 13.8. The van der Waals surface area contributed by atoms with Crippen LogP contribution in [0.5, 0.6) is 0 Å². The van der Waals surface area contributed by atoms with Crippen LogP contribution in [0.15, 0.2) is 57.8 Å². The molecule has 0 spiro atoms. The Morgan fingerprint density at radius 1 is 1.19 bits per heavy atom. The predicted octanol–water partition coefficient (Wildman–Crippen LogP) is 2.72. The zero-order valence-corrected chi connectivity index (χ0v) is 16.1. The molecular formula is C17H15BrClN5O2. The summed E-state index contributed by atoms with van der Waals surface area (Å²) in [6.07, 6.45) is 0. The number of carbonyl (C=O) groups excluding carboxylic acids is 1. The molecule has 1 atom stereocenters. The van der Waals surface area contributed by atoms with Crippen LogP contribution in [0.4, 0.5) is 0 Å². The lowest BCUT2D eigenvalue weighted by atomic mass is 10.1. The summed E-state index contributed by atoms with van der Waals surface area (Å²) in [5, 5.41) is 10.8. The van der Waals surface area contributed by atoms with Gasteiger partial charge in [0.15, 0.2) is 0 Å². The van der Waals surface area contributed by atoms with E-state index in [9.17, 15) is 9.59 Å². The SMILES string of the molecule is C[C@H](NC(=O)Cn1nnn(-c2ccccc2Cl)c1=O)c1ccc(Br)cc1. The Balaban J connectivity index is 1.71. The van der Waals surface area contributed by atoms with Gasteiger partial charge in [0.1, 0.15) is 6.54 Å². The Hall–Kier alpha value is -2.45. The van der Waals surface area contributed by atoms with Crippen LogP contribution in [0.25, 0.3) is 5.69 Å². The Kier molecular flexibility index (Phi) is 5.53. The van der Waals surface area contributed by atoms with Crippen LogP contribution in [0, 0.1) is 0 Å². The number of amides is 1. The lowest BCUT2D eigenvalue weighted by molar-refractivity contribution is -0.122. The van der Waals surface area contributed by atoms with E-state index in [4.69, 9.17) is 11.6 Å². The average Bonchev–Trinajstić information content (AvgIpc) is 2.96. The smallest absolute Gasteiger partial charge is 0.348 e. The van der Waals surface area contributed by atoms with Gasteiger partial charge in [-0.15, -0.1) is 0 Å². The molecule has 134 valence electrons. The molecule has 1 N–H and O–H groups in total. The number of aromatic nitrogens is 4. The van der Waals surface area contributed by atoms with Gasteiger partial charge in [0.2, 0.25) is 5.91 Å². The number of hydrogen-bond donors (Lipinski definition) is 1. The fraction of sp³-hybridized carbons (Fsp3) is 0.176. The van der Waals surface area contributed by atoms with Gasteiger partial charge in [-0.05, 0) is 47.2 Å². The largest absolute Gasteiger partial charge is 0.369 e. The first-order chi connectivity index (χ1) is 12.5. The number of nitrogens with zero attached hydrogens (tertiary/aromatic N) is 4. The van der Waals surface area contributed by atoms with Gasteiger partial charge >= 0.3 is 5.69 Å². The molecule has 9 heteroatoms.